The van der Waals surface area contributed by atoms with Crippen molar-refractivity contribution in [2.75, 3.05) is 32.7 Å². The van der Waals surface area contributed by atoms with E-state index in [0.29, 0.717) is 12.4 Å². The highest BCUT2D eigenvalue weighted by atomic mass is 16.4. The number of amides is 1. The first-order valence-electron chi connectivity index (χ1n) is 9.81. The summed E-state index contributed by atoms with van der Waals surface area (Å²) in [5.41, 5.74) is 2.00. The summed E-state index contributed by atoms with van der Waals surface area (Å²) in [5, 5.41) is 3.04. The first-order chi connectivity index (χ1) is 13.0. The summed E-state index contributed by atoms with van der Waals surface area (Å²) >= 11 is 0. The molecular formula is C21H30N4O2. The van der Waals surface area contributed by atoms with Crippen LogP contribution in [0.2, 0.25) is 0 Å². The summed E-state index contributed by atoms with van der Waals surface area (Å²) in [6.07, 6.45) is 0.960. The number of rotatable bonds is 7. The lowest BCUT2D eigenvalue weighted by Crippen LogP contribution is -2.50. The smallest absolute Gasteiger partial charge is 0.234 e. The maximum atomic E-state index is 12.0. The molecule has 1 amide bonds. The largest absolute Gasteiger partial charge is 0.441 e. The summed E-state index contributed by atoms with van der Waals surface area (Å²) < 4.78 is 5.86. The molecule has 2 aromatic rings. The Morgan fingerprint density at radius 3 is 2.52 bits per heavy atom. The van der Waals surface area contributed by atoms with Gasteiger partial charge in [-0.1, -0.05) is 25.1 Å². The molecule has 0 bridgehead atoms. The first kappa shape index (κ1) is 19.6. The van der Waals surface area contributed by atoms with Crippen LogP contribution in [0.3, 0.4) is 0 Å². The molecule has 1 aliphatic heterocycles. The van der Waals surface area contributed by atoms with Gasteiger partial charge in [0.05, 0.1) is 12.2 Å². The molecule has 0 spiro atoms. The number of benzene rings is 1. The second-order valence-corrected chi connectivity index (χ2v) is 7.32. The average Bonchev–Trinajstić information content (AvgIpc) is 3.04. The second-order valence-electron chi connectivity index (χ2n) is 7.32. The van der Waals surface area contributed by atoms with Crippen LogP contribution in [0.25, 0.3) is 11.5 Å². The van der Waals surface area contributed by atoms with E-state index in [-0.39, 0.29) is 11.9 Å². The third-order valence-electron chi connectivity index (χ3n) is 5.14. The molecule has 1 aromatic carbocycles. The number of hydrogen-bond acceptors (Lipinski definition) is 5. The van der Waals surface area contributed by atoms with Gasteiger partial charge in [0.25, 0.3) is 0 Å². The Morgan fingerprint density at radius 1 is 1.19 bits per heavy atom. The van der Waals surface area contributed by atoms with Crippen LogP contribution >= 0.6 is 0 Å². The van der Waals surface area contributed by atoms with Gasteiger partial charge in [0.2, 0.25) is 11.8 Å². The molecule has 1 fully saturated rings. The molecule has 0 radical (unpaired) electrons. The van der Waals surface area contributed by atoms with Gasteiger partial charge in [-0.15, -0.1) is 0 Å². The third-order valence-corrected chi connectivity index (χ3v) is 5.14. The van der Waals surface area contributed by atoms with Crippen LogP contribution in [0, 0.1) is 6.92 Å². The van der Waals surface area contributed by atoms with Crippen LogP contribution in [0.15, 0.2) is 34.7 Å². The highest BCUT2D eigenvalue weighted by Crippen LogP contribution is 2.22. The number of carbonyl (C=O) groups is 1. The SMILES string of the molecule is CCC(C)NC(=O)CN1CCN(Cc2nc(-c3ccccc3)oc2C)CC1. The van der Waals surface area contributed by atoms with Crippen molar-refractivity contribution in [3.63, 3.8) is 0 Å². The Kier molecular flexibility index (Phi) is 6.63. The second kappa shape index (κ2) is 9.15. The predicted octanol–water partition coefficient (Wildman–Crippen LogP) is 2.68. The fraction of sp³-hybridized carbons (Fsp3) is 0.524. The minimum absolute atomic E-state index is 0.123. The van der Waals surface area contributed by atoms with E-state index in [1.54, 1.807) is 0 Å². The molecule has 27 heavy (non-hydrogen) atoms. The standard InChI is InChI=1S/C21H30N4O2/c1-4-16(2)22-20(26)15-25-12-10-24(11-13-25)14-19-17(3)27-21(23-19)18-8-6-5-7-9-18/h5-9,16H,4,10-15H2,1-3H3,(H,22,26). The van der Waals surface area contributed by atoms with Gasteiger partial charge in [0.1, 0.15) is 5.76 Å². The summed E-state index contributed by atoms with van der Waals surface area (Å²) in [4.78, 5) is 21.3. The number of hydrogen-bond donors (Lipinski definition) is 1. The van der Waals surface area contributed by atoms with Crippen molar-refractivity contribution in [1.82, 2.24) is 20.1 Å². The maximum absolute atomic E-state index is 12.0. The van der Waals surface area contributed by atoms with Crippen LogP contribution in [-0.2, 0) is 11.3 Å². The molecule has 1 aliphatic rings. The first-order valence-corrected chi connectivity index (χ1v) is 9.81. The lowest BCUT2D eigenvalue weighted by Gasteiger charge is -2.34. The molecule has 1 aromatic heterocycles. The fourth-order valence-electron chi connectivity index (χ4n) is 3.22. The highest BCUT2D eigenvalue weighted by molar-refractivity contribution is 5.78. The van der Waals surface area contributed by atoms with Gasteiger partial charge in [0, 0.05) is 44.3 Å². The minimum Gasteiger partial charge on any atom is -0.441 e. The van der Waals surface area contributed by atoms with E-state index in [1.165, 1.54) is 0 Å². The zero-order valence-electron chi connectivity index (χ0n) is 16.6. The van der Waals surface area contributed by atoms with Gasteiger partial charge in [0.15, 0.2) is 0 Å². The quantitative estimate of drug-likeness (QED) is 0.812. The van der Waals surface area contributed by atoms with E-state index in [0.717, 1.165) is 56.2 Å². The molecular weight excluding hydrogens is 340 g/mol. The Balaban J connectivity index is 1.50. The number of carbonyl (C=O) groups excluding carboxylic acids is 1. The monoisotopic (exact) mass is 370 g/mol. The number of aryl methyl sites for hydroxylation is 1. The Hall–Kier alpha value is -2.18. The van der Waals surface area contributed by atoms with E-state index in [2.05, 4.69) is 22.0 Å². The van der Waals surface area contributed by atoms with Gasteiger partial charge < -0.3 is 9.73 Å². The summed E-state index contributed by atoms with van der Waals surface area (Å²) in [6.45, 7) is 11.0. The molecule has 3 rings (SSSR count). The van der Waals surface area contributed by atoms with Crippen LogP contribution in [-0.4, -0.2) is 59.5 Å². The van der Waals surface area contributed by atoms with Gasteiger partial charge >= 0.3 is 0 Å². The predicted molar refractivity (Wildman–Crippen MR) is 106 cm³/mol. The Morgan fingerprint density at radius 2 is 1.85 bits per heavy atom. The molecule has 0 saturated carbocycles. The number of nitrogens with zero attached hydrogens (tertiary/aromatic N) is 3. The lowest BCUT2D eigenvalue weighted by molar-refractivity contribution is -0.123. The van der Waals surface area contributed by atoms with Gasteiger partial charge in [-0.25, -0.2) is 4.98 Å². The zero-order valence-corrected chi connectivity index (χ0v) is 16.6. The van der Waals surface area contributed by atoms with Crippen molar-refractivity contribution in [3.05, 3.63) is 41.8 Å². The van der Waals surface area contributed by atoms with Gasteiger partial charge in [-0.05, 0) is 32.4 Å². The fourth-order valence-corrected chi connectivity index (χ4v) is 3.22. The van der Waals surface area contributed by atoms with Crippen molar-refractivity contribution in [2.24, 2.45) is 0 Å². The molecule has 6 heteroatoms. The van der Waals surface area contributed by atoms with Crippen molar-refractivity contribution >= 4 is 5.91 Å². The van der Waals surface area contributed by atoms with E-state index < -0.39 is 0 Å². The van der Waals surface area contributed by atoms with Crippen molar-refractivity contribution in [3.8, 4) is 11.5 Å². The topological polar surface area (TPSA) is 61.6 Å². The summed E-state index contributed by atoms with van der Waals surface area (Å²) in [6, 6.07) is 10.2. The van der Waals surface area contributed by atoms with Crippen LogP contribution in [0.5, 0.6) is 0 Å². The molecule has 1 saturated heterocycles. The molecule has 1 unspecified atom stereocenters. The van der Waals surface area contributed by atoms with Gasteiger partial charge in [-0.2, -0.15) is 0 Å². The maximum Gasteiger partial charge on any atom is 0.234 e. The highest BCUT2D eigenvalue weighted by Gasteiger charge is 2.21. The molecule has 6 nitrogen and oxygen atoms in total. The lowest BCUT2D eigenvalue weighted by atomic mass is 10.2. The minimum atomic E-state index is 0.123. The number of oxazole rings is 1. The van der Waals surface area contributed by atoms with Gasteiger partial charge in [-0.3, -0.25) is 14.6 Å². The Bertz CT molecular complexity index is 736. The summed E-state index contributed by atoms with van der Waals surface area (Å²) in [7, 11) is 0. The normalized spacial score (nSPS) is 17.0. The molecule has 0 aliphatic carbocycles. The van der Waals surface area contributed by atoms with Crippen molar-refractivity contribution in [2.45, 2.75) is 39.8 Å². The van der Waals surface area contributed by atoms with Crippen LogP contribution < -0.4 is 5.32 Å². The van der Waals surface area contributed by atoms with E-state index in [4.69, 9.17) is 9.40 Å². The molecule has 1 N–H and O–H groups in total. The molecule has 1 atom stereocenters. The van der Waals surface area contributed by atoms with Crippen LogP contribution in [0.4, 0.5) is 0 Å². The Labute approximate surface area is 161 Å². The number of aromatic nitrogens is 1. The number of nitrogens with one attached hydrogen (secondary N) is 1. The van der Waals surface area contributed by atoms with Crippen molar-refractivity contribution < 1.29 is 9.21 Å². The van der Waals surface area contributed by atoms with E-state index in [9.17, 15) is 4.79 Å². The number of piperazine rings is 1. The summed E-state index contributed by atoms with van der Waals surface area (Å²) in [5.74, 6) is 1.69. The average molecular weight is 370 g/mol. The van der Waals surface area contributed by atoms with Crippen molar-refractivity contribution in [1.29, 1.82) is 0 Å². The molecule has 146 valence electrons. The third kappa shape index (κ3) is 5.40. The molecule has 2 heterocycles. The van der Waals surface area contributed by atoms with E-state index >= 15 is 0 Å². The van der Waals surface area contributed by atoms with Crippen LogP contribution in [0.1, 0.15) is 31.7 Å². The van der Waals surface area contributed by atoms with E-state index in [1.807, 2.05) is 44.2 Å². The zero-order chi connectivity index (χ0) is 19.2.